The topological polar surface area (TPSA) is 188 Å². The van der Waals surface area contributed by atoms with Gasteiger partial charge in [0, 0.05) is 43.6 Å². The van der Waals surface area contributed by atoms with E-state index in [0.717, 1.165) is 6.42 Å². The fourth-order valence-corrected chi connectivity index (χ4v) is 5.63. The van der Waals surface area contributed by atoms with Crippen LogP contribution in [-0.2, 0) is 30.3 Å². The number of hydrogen-bond donors (Lipinski definition) is 5. The van der Waals surface area contributed by atoms with Crippen LogP contribution in [-0.4, -0.2) is 70.2 Å². The molecule has 1 aromatic carbocycles. The van der Waals surface area contributed by atoms with E-state index in [0.29, 0.717) is 17.7 Å². The van der Waals surface area contributed by atoms with Crippen LogP contribution < -0.4 is 10.6 Å². The van der Waals surface area contributed by atoms with Gasteiger partial charge in [-0.3, -0.25) is 14.4 Å². The van der Waals surface area contributed by atoms with Gasteiger partial charge in [-0.1, -0.05) is 19.3 Å². The van der Waals surface area contributed by atoms with Gasteiger partial charge in [-0.15, -0.1) is 0 Å². The number of carbonyl (C=O) groups excluding carboxylic acids is 4. The number of ether oxygens (including phenoxy) is 1. The number of amides is 1. The first-order chi connectivity index (χ1) is 18.3. The minimum Gasteiger partial charge on any atom is -0.508 e. The zero-order chi connectivity index (χ0) is 28.8. The summed E-state index contributed by atoms with van der Waals surface area (Å²) in [4.78, 5) is 51.7. The highest BCUT2D eigenvalue weighted by atomic mass is 16.5. The predicted molar refractivity (Wildman–Crippen MR) is 138 cm³/mol. The molecular weight excluding hydrogens is 508 g/mol. The van der Waals surface area contributed by atoms with Gasteiger partial charge in [0.25, 0.3) is 5.91 Å². The van der Waals surface area contributed by atoms with Crippen LogP contribution in [0.5, 0.6) is 5.75 Å². The highest BCUT2D eigenvalue weighted by Crippen LogP contribution is 2.53. The van der Waals surface area contributed by atoms with Gasteiger partial charge in [0.2, 0.25) is 5.78 Å². The zero-order valence-corrected chi connectivity index (χ0v) is 21.8. The number of nitrogens with zero attached hydrogens (tertiary/aromatic N) is 1. The molecule has 6 N–H and O–H groups in total. The number of Topliss-reactive ketones (excluding diaryl/α,β-unsaturated/α-hetero) is 2. The van der Waals surface area contributed by atoms with E-state index >= 15 is 0 Å². The third kappa shape index (κ3) is 4.40. The number of aliphatic hydroxyl groups excluding tert-OH is 2. The van der Waals surface area contributed by atoms with E-state index in [1.165, 1.54) is 0 Å². The van der Waals surface area contributed by atoms with Crippen molar-refractivity contribution in [2.45, 2.75) is 44.6 Å². The van der Waals surface area contributed by atoms with Gasteiger partial charge in [0.05, 0.1) is 17.7 Å². The van der Waals surface area contributed by atoms with Gasteiger partial charge in [-0.2, -0.15) is 0 Å². The van der Waals surface area contributed by atoms with Crippen molar-refractivity contribution >= 4 is 34.9 Å². The summed E-state index contributed by atoms with van der Waals surface area (Å²) in [5, 5.41) is 44.5. The minimum atomic E-state index is -2.64. The van der Waals surface area contributed by atoms with E-state index in [2.05, 4.69) is 11.8 Å². The molecule has 11 heteroatoms. The second-order valence-electron chi connectivity index (χ2n) is 10.2. The van der Waals surface area contributed by atoms with E-state index in [4.69, 9.17) is 10.5 Å². The van der Waals surface area contributed by atoms with Crippen LogP contribution in [0.1, 0.15) is 49.3 Å². The molecule has 1 aromatic rings. The number of phenolic OH excluding ortho intramolecular Hbond substituents is 1. The lowest BCUT2D eigenvalue weighted by Gasteiger charge is -2.46. The van der Waals surface area contributed by atoms with E-state index in [-0.39, 0.29) is 36.1 Å². The maximum atomic E-state index is 13.7. The van der Waals surface area contributed by atoms with Crippen molar-refractivity contribution in [2.75, 3.05) is 25.6 Å². The lowest BCUT2D eigenvalue weighted by Crippen LogP contribution is -2.58. The van der Waals surface area contributed by atoms with E-state index in [9.17, 15) is 39.6 Å². The molecule has 3 aliphatic rings. The van der Waals surface area contributed by atoms with Crippen LogP contribution in [0.2, 0.25) is 0 Å². The number of fused-ring (bicyclic) bond motifs is 3. The number of anilines is 1. The maximum Gasteiger partial charge on any atom is 0.384 e. The standard InChI is InChI=1S/C28H30N2O9/c1-4-5-8-39-19(32)7-6-13-11-17(30(2)3)16-10-14-9-15-12-18(31)22(27(29)37)26(36)28(15,38)25(35)20(14)24(34)21(16)23(13)33/h11,14-15,33-34,36,38H,4-5,8-10,12H2,1-3H3,(H2,29,37). The lowest BCUT2D eigenvalue weighted by molar-refractivity contribution is -0.147. The molecule has 0 heterocycles. The minimum absolute atomic E-state index is 0.00245. The summed E-state index contributed by atoms with van der Waals surface area (Å²) < 4.78 is 5.02. The second-order valence-corrected chi connectivity index (χ2v) is 10.2. The number of ketones is 2. The fraction of sp³-hybridized carbons (Fsp3) is 0.429. The van der Waals surface area contributed by atoms with Gasteiger partial charge in [0.15, 0.2) is 11.4 Å². The average Bonchev–Trinajstić information content (AvgIpc) is 2.85. The molecule has 1 fully saturated rings. The Balaban J connectivity index is 1.86. The van der Waals surface area contributed by atoms with Crippen molar-refractivity contribution in [2.24, 2.45) is 17.6 Å². The molecule has 0 saturated heterocycles. The highest BCUT2D eigenvalue weighted by Gasteiger charge is 2.60. The van der Waals surface area contributed by atoms with E-state index in [1.54, 1.807) is 25.1 Å². The Kier molecular flexibility index (Phi) is 7.19. The number of benzene rings is 1. The summed E-state index contributed by atoms with van der Waals surface area (Å²) in [7, 11) is 3.47. The van der Waals surface area contributed by atoms with Crippen LogP contribution in [0, 0.1) is 23.7 Å². The number of primary amides is 1. The molecular formula is C28H30N2O9. The maximum absolute atomic E-state index is 13.7. The van der Waals surface area contributed by atoms with E-state index < -0.39 is 70.1 Å². The third-order valence-electron chi connectivity index (χ3n) is 7.55. The summed E-state index contributed by atoms with van der Waals surface area (Å²) in [5.41, 5.74) is 2.42. The summed E-state index contributed by atoms with van der Waals surface area (Å²) >= 11 is 0. The van der Waals surface area contributed by atoms with Crippen LogP contribution in [0.4, 0.5) is 5.69 Å². The molecule has 0 aliphatic heterocycles. The number of hydrogen-bond acceptors (Lipinski definition) is 10. The summed E-state index contributed by atoms with van der Waals surface area (Å²) in [6.45, 7) is 2.14. The first kappa shape index (κ1) is 27.7. The molecule has 3 unspecified atom stereocenters. The lowest BCUT2D eigenvalue weighted by atomic mass is 9.59. The number of esters is 1. The summed E-state index contributed by atoms with van der Waals surface area (Å²) in [6.07, 6.45) is 1.29. The highest BCUT2D eigenvalue weighted by molar-refractivity contribution is 6.22. The van der Waals surface area contributed by atoms with Crippen molar-refractivity contribution in [3.8, 4) is 17.6 Å². The van der Waals surface area contributed by atoms with Crippen molar-refractivity contribution in [3.63, 3.8) is 0 Å². The normalized spacial score (nSPS) is 23.8. The quantitative estimate of drug-likeness (QED) is 0.158. The number of rotatable bonds is 5. The molecule has 0 bridgehead atoms. The number of nitrogens with two attached hydrogens (primary N) is 1. The predicted octanol–water partition coefficient (Wildman–Crippen LogP) is 1.18. The molecule has 0 radical (unpaired) electrons. The van der Waals surface area contributed by atoms with Crippen molar-refractivity contribution in [1.29, 1.82) is 0 Å². The number of aliphatic hydroxyl groups is 3. The van der Waals surface area contributed by atoms with Crippen LogP contribution in [0.3, 0.4) is 0 Å². The fourth-order valence-electron chi connectivity index (χ4n) is 5.63. The molecule has 1 saturated carbocycles. The molecule has 4 rings (SSSR count). The Bertz CT molecular complexity index is 1430. The SMILES string of the molecule is CCCCOC(=O)C#Cc1cc(N(C)C)c2c(c1O)C(O)=C1C(=O)C3(O)C(O)=C(C(N)=O)C(=O)CC3CC1C2. The Morgan fingerprint density at radius 3 is 2.51 bits per heavy atom. The second kappa shape index (κ2) is 10.1. The van der Waals surface area contributed by atoms with Crippen LogP contribution in [0.15, 0.2) is 23.0 Å². The molecule has 0 aromatic heterocycles. The summed E-state index contributed by atoms with van der Waals surface area (Å²) in [5.74, 6) is -3.01. The monoisotopic (exact) mass is 538 g/mol. The van der Waals surface area contributed by atoms with E-state index in [1.807, 2.05) is 6.92 Å². The van der Waals surface area contributed by atoms with Gasteiger partial charge in [-0.05, 0) is 36.8 Å². The smallest absolute Gasteiger partial charge is 0.384 e. The first-order valence-corrected chi connectivity index (χ1v) is 12.6. The third-order valence-corrected chi connectivity index (χ3v) is 7.55. The van der Waals surface area contributed by atoms with Gasteiger partial charge < -0.3 is 35.8 Å². The molecule has 206 valence electrons. The number of unbranched alkanes of at least 4 members (excludes halogenated alkanes) is 1. The van der Waals surface area contributed by atoms with Crippen molar-refractivity contribution < 1.29 is 44.3 Å². The van der Waals surface area contributed by atoms with Crippen molar-refractivity contribution in [1.82, 2.24) is 0 Å². The van der Waals surface area contributed by atoms with Gasteiger partial charge >= 0.3 is 5.97 Å². The Labute approximate surface area is 224 Å². The Morgan fingerprint density at radius 2 is 1.90 bits per heavy atom. The van der Waals surface area contributed by atoms with Crippen molar-refractivity contribution in [3.05, 3.63) is 39.7 Å². The molecule has 39 heavy (non-hydrogen) atoms. The molecule has 11 nitrogen and oxygen atoms in total. The molecule has 1 amide bonds. The van der Waals surface area contributed by atoms with Crippen LogP contribution in [0.25, 0.3) is 5.76 Å². The van der Waals surface area contributed by atoms with Gasteiger partial charge in [0.1, 0.15) is 22.8 Å². The zero-order valence-electron chi connectivity index (χ0n) is 21.8. The molecule has 3 atom stereocenters. The average molecular weight is 539 g/mol. The molecule has 0 spiro atoms. The number of carbonyl (C=O) groups is 4. The number of aromatic hydroxyl groups is 1. The van der Waals surface area contributed by atoms with Crippen LogP contribution >= 0.6 is 0 Å². The summed E-state index contributed by atoms with van der Waals surface area (Å²) in [6, 6.07) is 1.55. The van der Waals surface area contributed by atoms with Gasteiger partial charge in [-0.25, -0.2) is 4.79 Å². The Morgan fingerprint density at radius 1 is 1.21 bits per heavy atom. The largest absolute Gasteiger partial charge is 0.508 e. The first-order valence-electron chi connectivity index (χ1n) is 12.6. The Hall–Kier alpha value is -4.30. The molecule has 3 aliphatic carbocycles. The number of phenols is 1.